The van der Waals surface area contributed by atoms with E-state index in [0.29, 0.717) is 25.7 Å². The largest absolute Gasteiger partial charge is 0.387 e. The average Bonchev–Trinajstić information content (AvgIpc) is 3.08. The Balaban J connectivity index is 1.91. The lowest BCUT2D eigenvalue weighted by molar-refractivity contribution is -0.189. The van der Waals surface area contributed by atoms with Crippen molar-refractivity contribution in [1.82, 2.24) is 9.78 Å². The molecule has 0 saturated heterocycles. The minimum absolute atomic E-state index is 0.463. The van der Waals surface area contributed by atoms with E-state index in [9.17, 15) is 5.11 Å². The zero-order chi connectivity index (χ0) is 14.4. The van der Waals surface area contributed by atoms with Gasteiger partial charge in [0.25, 0.3) is 0 Å². The van der Waals surface area contributed by atoms with Crippen molar-refractivity contribution in [2.24, 2.45) is 0 Å². The summed E-state index contributed by atoms with van der Waals surface area (Å²) in [5.74, 6) is 0. The molecule has 1 aliphatic rings. The van der Waals surface area contributed by atoms with Crippen molar-refractivity contribution < 1.29 is 14.6 Å². The van der Waals surface area contributed by atoms with E-state index in [2.05, 4.69) is 5.10 Å². The Morgan fingerprint density at radius 3 is 2.55 bits per heavy atom. The SMILES string of the molecule is CCOC(OCC)C(O)Cc1ccn(C2CCCC2)n1. The van der Waals surface area contributed by atoms with Crippen molar-refractivity contribution in [3.05, 3.63) is 18.0 Å². The van der Waals surface area contributed by atoms with Crippen LogP contribution in [-0.4, -0.2) is 40.5 Å². The summed E-state index contributed by atoms with van der Waals surface area (Å²) >= 11 is 0. The normalized spacial score (nSPS) is 18.0. The highest BCUT2D eigenvalue weighted by Crippen LogP contribution is 2.28. The Hall–Kier alpha value is -0.910. The molecule has 1 aromatic rings. The fourth-order valence-electron chi connectivity index (χ4n) is 2.77. The van der Waals surface area contributed by atoms with Crippen molar-refractivity contribution >= 4 is 0 Å². The van der Waals surface area contributed by atoms with Gasteiger partial charge in [-0.1, -0.05) is 12.8 Å². The summed E-state index contributed by atoms with van der Waals surface area (Å²) in [6.45, 7) is 4.84. The molecule has 1 saturated carbocycles. The highest BCUT2D eigenvalue weighted by atomic mass is 16.7. The Labute approximate surface area is 120 Å². The molecule has 5 nitrogen and oxygen atoms in total. The summed E-state index contributed by atoms with van der Waals surface area (Å²) in [7, 11) is 0. The first-order valence-electron chi connectivity index (χ1n) is 7.69. The van der Waals surface area contributed by atoms with Crippen LogP contribution in [0.1, 0.15) is 51.3 Å². The van der Waals surface area contributed by atoms with E-state index in [4.69, 9.17) is 9.47 Å². The third-order valence-electron chi connectivity index (χ3n) is 3.76. The fourth-order valence-corrected chi connectivity index (χ4v) is 2.77. The Morgan fingerprint density at radius 2 is 1.95 bits per heavy atom. The molecule has 1 atom stereocenters. The maximum absolute atomic E-state index is 10.2. The second-order valence-corrected chi connectivity index (χ2v) is 5.28. The monoisotopic (exact) mass is 282 g/mol. The lowest BCUT2D eigenvalue weighted by atomic mass is 10.2. The summed E-state index contributed by atoms with van der Waals surface area (Å²) < 4.78 is 12.9. The van der Waals surface area contributed by atoms with Crippen LogP contribution in [-0.2, 0) is 15.9 Å². The molecular formula is C15H26N2O3. The number of nitrogens with zero attached hydrogens (tertiary/aromatic N) is 2. The molecule has 0 aromatic carbocycles. The van der Waals surface area contributed by atoms with Crippen LogP contribution in [0.4, 0.5) is 0 Å². The summed E-state index contributed by atoms with van der Waals surface area (Å²) in [6, 6.07) is 2.52. The van der Waals surface area contributed by atoms with Crippen LogP contribution in [0.15, 0.2) is 12.3 Å². The molecule has 114 valence electrons. The first kappa shape index (κ1) is 15.5. The quantitative estimate of drug-likeness (QED) is 0.743. The molecular weight excluding hydrogens is 256 g/mol. The van der Waals surface area contributed by atoms with Crippen LogP contribution in [0.25, 0.3) is 0 Å². The second kappa shape index (κ2) is 7.76. The minimum atomic E-state index is -0.679. The van der Waals surface area contributed by atoms with Crippen LogP contribution >= 0.6 is 0 Å². The number of ether oxygens (including phenoxy) is 2. The zero-order valence-electron chi connectivity index (χ0n) is 12.5. The molecule has 5 heteroatoms. The van der Waals surface area contributed by atoms with E-state index < -0.39 is 12.4 Å². The van der Waals surface area contributed by atoms with E-state index in [-0.39, 0.29) is 0 Å². The molecule has 2 rings (SSSR count). The van der Waals surface area contributed by atoms with Gasteiger partial charge < -0.3 is 14.6 Å². The molecule has 0 radical (unpaired) electrons. The van der Waals surface area contributed by atoms with Gasteiger partial charge in [-0.2, -0.15) is 5.10 Å². The van der Waals surface area contributed by atoms with Gasteiger partial charge in [0.1, 0.15) is 6.10 Å². The van der Waals surface area contributed by atoms with E-state index >= 15 is 0 Å². The van der Waals surface area contributed by atoms with Crippen molar-refractivity contribution in [2.45, 2.75) is 64.4 Å². The molecule has 1 heterocycles. The summed E-state index contributed by atoms with van der Waals surface area (Å²) in [5, 5.41) is 14.8. The average molecular weight is 282 g/mol. The van der Waals surface area contributed by atoms with Gasteiger partial charge >= 0.3 is 0 Å². The lowest BCUT2D eigenvalue weighted by Crippen LogP contribution is -2.33. The molecule has 20 heavy (non-hydrogen) atoms. The Kier molecular flexibility index (Phi) is 6.01. The highest BCUT2D eigenvalue weighted by molar-refractivity contribution is 5.02. The zero-order valence-corrected chi connectivity index (χ0v) is 12.5. The van der Waals surface area contributed by atoms with Crippen LogP contribution in [0.5, 0.6) is 0 Å². The molecule has 1 aliphatic carbocycles. The molecule has 1 N–H and O–H groups in total. The van der Waals surface area contributed by atoms with Gasteiger partial charge in [-0.3, -0.25) is 4.68 Å². The van der Waals surface area contributed by atoms with Crippen LogP contribution < -0.4 is 0 Å². The second-order valence-electron chi connectivity index (χ2n) is 5.28. The number of aliphatic hydroxyl groups excluding tert-OH is 1. The van der Waals surface area contributed by atoms with Gasteiger partial charge in [0.05, 0.1) is 11.7 Å². The Morgan fingerprint density at radius 1 is 1.30 bits per heavy atom. The van der Waals surface area contributed by atoms with Crippen LogP contribution in [0.2, 0.25) is 0 Å². The summed E-state index contributed by atoms with van der Waals surface area (Å²) in [6.07, 6.45) is 6.24. The van der Waals surface area contributed by atoms with Gasteiger partial charge in [-0.15, -0.1) is 0 Å². The molecule has 1 unspecified atom stereocenters. The number of aromatic nitrogens is 2. The third-order valence-corrected chi connectivity index (χ3v) is 3.76. The molecule has 0 bridgehead atoms. The molecule has 0 aliphatic heterocycles. The topological polar surface area (TPSA) is 56.5 Å². The minimum Gasteiger partial charge on any atom is -0.387 e. The van der Waals surface area contributed by atoms with Gasteiger partial charge in [0.15, 0.2) is 6.29 Å². The van der Waals surface area contributed by atoms with E-state index in [0.717, 1.165) is 5.69 Å². The van der Waals surface area contributed by atoms with Gasteiger partial charge in [0.2, 0.25) is 0 Å². The molecule has 1 aromatic heterocycles. The smallest absolute Gasteiger partial charge is 0.183 e. The van der Waals surface area contributed by atoms with Crippen molar-refractivity contribution in [3.63, 3.8) is 0 Å². The van der Waals surface area contributed by atoms with Gasteiger partial charge in [0, 0.05) is 25.8 Å². The summed E-state index contributed by atoms with van der Waals surface area (Å²) in [4.78, 5) is 0. The van der Waals surface area contributed by atoms with Crippen molar-refractivity contribution in [3.8, 4) is 0 Å². The molecule has 1 fully saturated rings. The Bertz CT molecular complexity index is 382. The highest BCUT2D eigenvalue weighted by Gasteiger charge is 2.22. The predicted octanol–water partition coefficient (Wildman–Crippen LogP) is 2.30. The number of hydrogen-bond acceptors (Lipinski definition) is 4. The van der Waals surface area contributed by atoms with E-state index in [1.165, 1.54) is 25.7 Å². The van der Waals surface area contributed by atoms with Crippen molar-refractivity contribution in [2.75, 3.05) is 13.2 Å². The fraction of sp³-hybridized carbons (Fsp3) is 0.800. The number of hydrogen-bond donors (Lipinski definition) is 1. The number of aliphatic hydroxyl groups is 1. The molecule has 0 amide bonds. The van der Waals surface area contributed by atoms with Crippen LogP contribution in [0.3, 0.4) is 0 Å². The summed E-state index contributed by atoms with van der Waals surface area (Å²) in [5.41, 5.74) is 0.897. The van der Waals surface area contributed by atoms with Crippen molar-refractivity contribution in [1.29, 1.82) is 0 Å². The standard InChI is InChI=1S/C15H26N2O3/c1-3-19-15(20-4-2)14(18)11-12-9-10-17(16-12)13-7-5-6-8-13/h9-10,13-15,18H,3-8,11H2,1-2H3. The first-order chi connectivity index (χ1) is 9.74. The van der Waals surface area contributed by atoms with Gasteiger partial charge in [-0.05, 0) is 32.8 Å². The predicted molar refractivity (Wildman–Crippen MR) is 76.5 cm³/mol. The molecule has 0 spiro atoms. The number of rotatable bonds is 8. The first-order valence-corrected chi connectivity index (χ1v) is 7.69. The van der Waals surface area contributed by atoms with E-state index in [1.807, 2.05) is 30.8 Å². The van der Waals surface area contributed by atoms with E-state index in [1.54, 1.807) is 0 Å². The third kappa shape index (κ3) is 4.04. The van der Waals surface area contributed by atoms with Crippen LogP contribution in [0, 0.1) is 0 Å². The lowest BCUT2D eigenvalue weighted by Gasteiger charge is -2.21. The maximum atomic E-state index is 10.2. The van der Waals surface area contributed by atoms with Gasteiger partial charge in [-0.25, -0.2) is 0 Å². The maximum Gasteiger partial charge on any atom is 0.183 e.